The molecule has 0 spiro atoms. The third-order valence-corrected chi connectivity index (χ3v) is 4.45. The molecule has 2 aromatic carbocycles. The Balaban J connectivity index is 1.78. The van der Waals surface area contributed by atoms with Crippen molar-refractivity contribution >= 4 is 34.0 Å². The Hall–Kier alpha value is -3.26. The second-order valence-electron chi connectivity index (χ2n) is 5.64. The number of aromatic hydroxyl groups is 1. The first kappa shape index (κ1) is 18.5. The predicted molar refractivity (Wildman–Crippen MR) is 102 cm³/mol. The van der Waals surface area contributed by atoms with Crippen LogP contribution in [0.15, 0.2) is 47.8 Å². The third kappa shape index (κ3) is 4.48. The van der Waals surface area contributed by atoms with Gasteiger partial charge in [-0.3, -0.25) is 14.9 Å². The molecular weight excluding hydrogens is 369 g/mol. The molecule has 0 unspecified atom stereocenters. The zero-order valence-corrected chi connectivity index (χ0v) is 15.1. The Bertz CT molecular complexity index is 1000. The number of rotatable bonds is 5. The number of thiazole rings is 1. The van der Waals surface area contributed by atoms with Crippen molar-refractivity contribution in [3.8, 4) is 17.0 Å². The number of hydrogen-bond acceptors (Lipinski definition) is 5. The van der Waals surface area contributed by atoms with Crippen LogP contribution in [0.2, 0.25) is 0 Å². The lowest BCUT2D eigenvalue weighted by Gasteiger charge is -2.08. The van der Waals surface area contributed by atoms with Gasteiger partial charge in [-0.05, 0) is 30.3 Å². The maximum atomic E-state index is 13.3. The van der Waals surface area contributed by atoms with Gasteiger partial charge >= 0.3 is 0 Å². The van der Waals surface area contributed by atoms with Crippen LogP contribution in [-0.4, -0.2) is 21.9 Å². The van der Waals surface area contributed by atoms with Gasteiger partial charge in [0.25, 0.3) is 5.91 Å². The summed E-state index contributed by atoms with van der Waals surface area (Å²) in [6, 6.07) is 10.2. The van der Waals surface area contributed by atoms with Crippen molar-refractivity contribution in [1.82, 2.24) is 4.98 Å². The average molecular weight is 385 g/mol. The maximum absolute atomic E-state index is 13.3. The highest BCUT2D eigenvalue weighted by Crippen LogP contribution is 2.27. The van der Waals surface area contributed by atoms with Crippen molar-refractivity contribution in [2.45, 2.75) is 13.3 Å². The lowest BCUT2D eigenvalue weighted by atomic mass is 10.1. The minimum Gasteiger partial charge on any atom is -0.507 e. The smallest absolute Gasteiger partial charge is 0.261 e. The van der Waals surface area contributed by atoms with E-state index >= 15 is 0 Å². The van der Waals surface area contributed by atoms with Crippen LogP contribution in [0.3, 0.4) is 0 Å². The van der Waals surface area contributed by atoms with Gasteiger partial charge in [0.2, 0.25) is 5.91 Å². The number of halogens is 1. The Morgan fingerprint density at radius 3 is 2.74 bits per heavy atom. The van der Waals surface area contributed by atoms with E-state index < -0.39 is 5.91 Å². The molecule has 3 aromatic rings. The first-order valence-corrected chi connectivity index (χ1v) is 9.00. The predicted octanol–water partition coefficient (Wildman–Crippen LogP) is 4.26. The van der Waals surface area contributed by atoms with Gasteiger partial charge in [-0.1, -0.05) is 19.1 Å². The van der Waals surface area contributed by atoms with Crippen LogP contribution >= 0.6 is 11.3 Å². The van der Waals surface area contributed by atoms with Crippen LogP contribution < -0.4 is 10.6 Å². The number of carbonyl (C=O) groups is 2. The highest BCUT2D eigenvalue weighted by atomic mass is 32.1. The summed E-state index contributed by atoms with van der Waals surface area (Å²) < 4.78 is 13.3. The minimum absolute atomic E-state index is 0.00593. The summed E-state index contributed by atoms with van der Waals surface area (Å²) in [5.74, 6) is -1.36. The summed E-state index contributed by atoms with van der Waals surface area (Å²) in [6.45, 7) is 1.71. The van der Waals surface area contributed by atoms with E-state index in [1.54, 1.807) is 24.4 Å². The van der Waals surface area contributed by atoms with Gasteiger partial charge in [0.15, 0.2) is 5.13 Å². The van der Waals surface area contributed by atoms with E-state index in [1.165, 1.54) is 41.7 Å². The summed E-state index contributed by atoms with van der Waals surface area (Å²) in [7, 11) is 0. The molecule has 1 heterocycles. The molecule has 3 rings (SSSR count). The molecule has 0 bridgehead atoms. The fourth-order valence-electron chi connectivity index (χ4n) is 2.32. The molecule has 1 aromatic heterocycles. The molecule has 8 heteroatoms. The number of nitrogens with zero attached hydrogens (tertiary/aromatic N) is 1. The molecule has 0 aliphatic carbocycles. The second-order valence-corrected chi connectivity index (χ2v) is 6.49. The molecule has 0 radical (unpaired) electrons. The van der Waals surface area contributed by atoms with Gasteiger partial charge in [0.1, 0.15) is 11.6 Å². The van der Waals surface area contributed by atoms with Gasteiger partial charge in [0.05, 0.1) is 11.3 Å². The van der Waals surface area contributed by atoms with Crippen molar-refractivity contribution in [3.05, 3.63) is 59.2 Å². The number of phenolic OH excluding ortho intramolecular Hbond substituents is 1. The number of anilines is 2. The Kier molecular flexibility index (Phi) is 5.46. The molecule has 0 atom stereocenters. The number of aromatic nitrogens is 1. The standard InChI is InChI=1S/C19H16FN3O3S/c1-2-17(25)21-13-6-7-16(24)14(9-13)18(26)23-19-22-15(10-27-19)11-4-3-5-12(20)8-11/h3-10,24H,2H2,1H3,(H,21,25)(H,22,23,26). The van der Waals surface area contributed by atoms with Crippen LogP contribution in [0.25, 0.3) is 11.3 Å². The monoisotopic (exact) mass is 385 g/mol. The molecule has 0 aliphatic rings. The lowest BCUT2D eigenvalue weighted by molar-refractivity contribution is -0.115. The number of phenols is 1. The van der Waals surface area contributed by atoms with Gasteiger partial charge in [0, 0.05) is 23.1 Å². The number of hydrogen-bond donors (Lipinski definition) is 3. The molecular formula is C19H16FN3O3S. The van der Waals surface area contributed by atoms with E-state index in [2.05, 4.69) is 15.6 Å². The summed E-state index contributed by atoms with van der Waals surface area (Å²) >= 11 is 1.18. The molecule has 0 saturated carbocycles. The molecule has 0 aliphatic heterocycles. The van der Waals surface area contributed by atoms with Crippen molar-refractivity contribution in [1.29, 1.82) is 0 Å². The average Bonchev–Trinajstić information content (AvgIpc) is 3.11. The number of nitrogens with one attached hydrogen (secondary N) is 2. The number of amides is 2. The van der Waals surface area contributed by atoms with E-state index in [0.29, 0.717) is 28.5 Å². The molecule has 27 heavy (non-hydrogen) atoms. The maximum Gasteiger partial charge on any atom is 0.261 e. The Morgan fingerprint density at radius 2 is 2.00 bits per heavy atom. The van der Waals surface area contributed by atoms with Crippen LogP contribution in [0.4, 0.5) is 15.2 Å². The van der Waals surface area contributed by atoms with Crippen molar-refractivity contribution in [2.75, 3.05) is 10.6 Å². The summed E-state index contributed by atoms with van der Waals surface area (Å²) in [5.41, 5.74) is 1.54. The quantitative estimate of drug-likeness (QED) is 0.573. The largest absolute Gasteiger partial charge is 0.507 e. The molecule has 0 fully saturated rings. The van der Waals surface area contributed by atoms with Gasteiger partial charge in [-0.2, -0.15) is 0 Å². The van der Waals surface area contributed by atoms with Gasteiger partial charge in [-0.15, -0.1) is 11.3 Å². The SMILES string of the molecule is CCC(=O)Nc1ccc(O)c(C(=O)Nc2nc(-c3cccc(F)c3)cs2)c1. The van der Waals surface area contributed by atoms with Crippen molar-refractivity contribution < 1.29 is 19.1 Å². The highest BCUT2D eigenvalue weighted by Gasteiger charge is 2.15. The van der Waals surface area contributed by atoms with Crippen molar-refractivity contribution in [2.24, 2.45) is 0 Å². The molecule has 3 N–H and O–H groups in total. The third-order valence-electron chi connectivity index (χ3n) is 3.69. The summed E-state index contributed by atoms with van der Waals surface area (Å²) in [5, 5.41) is 17.2. The first-order chi connectivity index (χ1) is 13.0. The molecule has 6 nitrogen and oxygen atoms in total. The second kappa shape index (κ2) is 7.96. The summed E-state index contributed by atoms with van der Waals surface area (Å²) in [6.07, 6.45) is 0.296. The zero-order chi connectivity index (χ0) is 19.4. The van der Waals surface area contributed by atoms with Crippen LogP contribution in [0.1, 0.15) is 23.7 Å². The summed E-state index contributed by atoms with van der Waals surface area (Å²) in [4.78, 5) is 28.2. The molecule has 0 saturated heterocycles. The number of carbonyl (C=O) groups excluding carboxylic acids is 2. The fourth-order valence-corrected chi connectivity index (χ4v) is 3.04. The van der Waals surface area contributed by atoms with Crippen molar-refractivity contribution in [3.63, 3.8) is 0 Å². The molecule has 138 valence electrons. The van der Waals surface area contributed by atoms with Crippen LogP contribution in [0.5, 0.6) is 5.75 Å². The molecule has 2 amide bonds. The minimum atomic E-state index is -0.569. The lowest BCUT2D eigenvalue weighted by Crippen LogP contribution is -2.14. The van der Waals surface area contributed by atoms with Gasteiger partial charge < -0.3 is 10.4 Å². The van der Waals surface area contributed by atoms with E-state index in [0.717, 1.165) is 0 Å². The van der Waals surface area contributed by atoms with Gasteiger partial charge in [-0.25, -0.2) is 9.37 Å². The Morgan fingerprint density at radius 1 is 1.19 bits per heavy atom. The number of benzene rings is 2. The van der Waals surface area contributed by atoms with Crippen LogP contribution in [0, 0.1) is 5.82 Å². The van der Waals surface area contributed by atoms with Crippen LogP contribution in [-0.2, 0) is 4.79 Å². The zero-order valence-electron chi connectivity index (χ0n) is 14.3. The first-order valence-electron chi connectivity index (χ1n) is 8.12. The van der Waals surface area contributed by atoms with E-state index in [4.69, 9.17) is 0 Å². The normalized spacial score (nSPS) is 10.4. The highest BCUT2D eigenvalue weighted by molar-refractivity contribution is 7.14. The topological polar surface area (TPSA) is 91.3 Å². The Labute approximate surface area is 158 Å². The van der Waals surface area contributed by atoms with E-state index in [9.17, 15) is 19.1 Å². The fraction of sp³-hybridized carbons (Fsp3) is 0.105. The van der Waals surface area contributed by atoms with E-state index in [1.807, 2.05) is 0 Å². The van der Waals surface area contributed by atoms with E-state index in [-0.39, 0.29) is 23.0 Å².